The maximum Gasteiger partial charge on any atom is 0.176 e. The standard InChI is InChI=1S/C13H20N2O2S/c1-4-9(16)12-10(14)11(17-3)13(18-12)15-7(2)8-5-6-8/h7-8,15H,4-6,14H2,1-3H3. The highest BCUT2D eigenvalue weighted by Gasteiger charge is 2.30. The number of thiophene rings is 1. The molecular formula is C13H20N2O2S. The monoisotopic (exact) mass is 268 g/mol. The number of anilines is 2. The molecular weight excluding hydrogens is 248 g/mol. The highest BCUT2D eigenvalue weighted by Crippen LogP contribution is 2.44. The van der Waals surface area contributed by atoms with E-state index in [0.29, 0.717) is 28.8 Å². The van der Waals surface area contributed by atoms with Gasteiger partial charge in [0.2, 0.25) is 0 Å². The Balaban J connectivity index is 2.25. The third-order valence-corrected chi connectivity index (χ3v) is 4.53. The predicted molar refractivity (Wildman–Crippen MR) is 75.7 cm³/mol. The minimum Gasteiger partial charge on any atom is -0.492 e. The number of rotatable bonds is 6. The number of nitrogens with one attached hydrogen (secondary N) is 1. The lowest BCUT2D eigenvalue weighted by Crippen LogP contribution is -2.16. The first-order valence-corrected chi connectivity index (χ1v) is 7.16. The normalized spacial score (nSPS) is 16.4. The van der Waals surface area contributed by atoms with Crippen LogP contribution in [-0.2, 0) is 0 Å². The minimum absolute atomic E-state index is 0.0722. The molecule has 0 aromatic carbocycles. The largest absolute Gasteiger partial charge is 0.492 e. The molecule has 0 amide bonds. The van der Waals surface area contributed by atoms with E-state index in [1.165, 1.54) is 24.2 Å². The molecule has 3 N–H and O–H groups in total. The maximum absolute atomic E-state index is 11.8. The summed E-state index contributed by atoms with van der Waals surface area (Å²) in [6, 6.07) is 0.404. The first-order valence-electron chi connectivity index (χ1n) is 6.34. The van der Waals surface area contributed by atoms with Gasteiger partial charge in [0.25, 0.3) is 0 Å². The number of carbonyl (C=O) groups is 1. The van der Waals surface area contributed by atoms with Gasteiger partial charge in [0.05, 0.1) is 17.7 Å². The second-order valence-electron chi connectivity index (χ2n) is 4.75. The van der Waals surface area contributed by atoms with Crippen molar-refractivity contribution >= 4 is 27.8 Å². The van der Waals surface area contributed by atoms with E-state index in [1.54, 1.807) is 7.11 Å². The summed E-state index contributed by atoms with van der Waals surface area (Å²) in [6.07, 6.45) is 3.02. The molecule has 1 aliphatic carbocycles. The molecule has 0 bridgehead atoms. The molecule has 5 heteroatoms. The van der Waals surface area contributed by atoms with Gasteiger partial charge in [0.15, 0.2) is 11.5 Å². The van der Waals surface area contributed by atoms with Crippen molar-refractivity contribution in [2.24, 2.45) is 5.92 Å². The first-order chi connectivity index (χ1) is 8.58. The van der Waals surface area contributed by atoms with E-state index in [1.807, 2.05) is 6.92 Å². The Morgan fingerprint density at radius 1 is 1.61 bits per heavy atom. The zero-order valence-corrected chi connectivity index (χ0v) is 11.9. The summed E-state index contributed by atoms with van der Waals surface area (Å²) in [7, 11) is 1.59. The highest BCUT2D eigenvalue weighted by molar-refractivity contribution is 7.19. The van der Waals surface area contributed by atoms with Gasteiger partial charge in [-0.25, -0.2) is 0 Å². The molecule has 18 heavy (non-hydrogen) atoms. The molecule has 1 atom stereocenters. The van der Waals surface area contributed by atoms with Gasteiger partial charge in [-0.1, -0.05) is 6.92 Å². The zero-order valence-electron chi connectivity index (χ0n) is 11.1. The summed E-state index contributed by atoms with van der Waals surface area (Å²) in [5.41, 5.74) is 6.46. The number of methoxy groups -OCH3 is 1. The van der Waals surface area contributed by atoms with E-state index in [9.17, 15) is 4.79 Å². The van der Waals surface area contributed by atoms with Gasteiger partial charge in [-0.3, -0.25) is 4.79 Å². The molecule has 1 unspecified atom stereocenters. The number of Topliss-reactive ketones (excluding diaryl/α,β-unsaturated/α-hetero) is 1. The quantitative estimate of drug-likeness (QED) is 0.778. The van der Waals surface area contributed by atoms with Crippen molar-refractivity contribution in [3.8, 4) is 5.75 Å². The van der Waals surface area contributed by atoms with E-state index in [4.69, 9.17) is 10.5 Å². The lowest BCUT2D eigenvalue weighted by atomic mass is 10.2. The Morgan fingerprint density at radius 3 is 2.78 bits per heavy atom. The van der Waals surface area contributed by atoms with E-state index in [0.717, 1.165) is 10.9 Å². The van der Waals surface area contributed by atoms with Gasteiger partial charge in [-0.05, 0) is 25.7 Å². The molecule has 1 saturated carbocycles. The second kappa shape index (κ2) is 5.18. The van der Waals surface area contributed by atoms with Crippen LogP contribution in [0.5, 0.6) is 5.75 Å². The van der Waals surface area contributed by atoms with Crippen LogP contribution >= 0.6 is 11.3 Å². The Hall–Kier alpha value is -1.23. The summed E-state index contributed by atoms with van der Waals surface area (Å²) < 4.78 is 5.32. The van der Waals surface area contributed by atoms with Crippen molar-refractivity contribution in [1.29, 1.82) is 0 Å². The summed E-state index contributed by atoms with van der Waals surface area (Å²) in [5.74, 6) is 1.43. The summed E-state index contributed by atoms with van der Waals surface area (Å²) in [6.45, 7) is 4.00. The summed E-state index contributed by atoms with van der Waals surface area (Å²) in [4.78, 5) is 12.4. The number of ketones is 1. The molecule has 100 valence electrons. The van der Waals surface area contributed by atoms with Crippen LogP contribution in [0.15, 0.2) is 0 Å². The van der Waals surface area contributed by atoms with Gasteiger partial charge in [-0.15, -0.1) is 11.3 Å². The van der Waals surface area contributed by atoms with E-state index in [-0.39, 0.29) is 5.78 Å². The fourth-order valence-corrected chi connectivity index (χ4v) is 3.21. The van der Waals surface area contributed by atoms with Crippen LogP contribution < -0.4 is 15.8 Å². The van der Waals surface area contributed by atoms with Crippen LogP contribution in [0.3, 0.4) is 0 Å². The zero-order chi connectivity index (χ0) is 13.3. The maximum atomic E-state index is 11.8. The molecule has 0 spiro atoms. The van der Waals surface area contributed by atoms with E-state index >= 15 is 0 Å². The average Bonchev–Trinajstić information content (AvgIpc) is 3.15. The van der Waals surface area contributed by atoms with Crippen LogP contribution in [-0.4, -0.2) is 18.9 Å². The smallest absolute Gasteiger partial charge is 0.176 e. The van der Waals surface area contributed by atoms with Crippen LogP contribution in [0, 0.1) is 5.92 Å². The third-order valence-electron chi connectivity index (χ3n) is 3.37. The topological polar surface area (TPSA) is 64.3 Å². The summed E-state index contributed by atoms with van der Waals surface area (Å²) >= 11 is 1.41. The molecule has 1 heterocycles. The molecule has 1 aromatic heterocycles. The van der Waals surface area contributed by atoms with Gasteiger partial charge in [0, 0.05) is 12.5 Å². The highest BCUT2D eigenvalue weighted by atomic mass is 32.1. The molecule has 0 radical (unpaired) electrons. The molecule has 1 aliphatic rings. The Bertz CT molecular complexity index is 452. The molecule has 1 fully saturated rings. The fourth-order valence-electron chi connectivity index (χ4n) is 2.02. The lowest BCUT2D eigenvalue weighted by Gasteiger charge is -2.13. The van der Waals surface area contributed by atoms with Crippen molar-refractivity contribution in [1.82, 2.24) is 0 Å². The lowest BCUT2D eigenvalue weighted by molar-refractivity contribution is 0.0992. The molecule has 0 aliphatic heterocycles. The van der Waals surface area contributed by atoms with Crippen molar-refractivity contribution in [2.75, 3.05) is 18.2 Å². The first kappa shape index (κ1) is 13.2. The Morgan fingerprint density at radius 2 is 2.28 bits per heavy atom. The SMILES string of the molecule is CCC(=O)c1sc(NC(C)C2CC2)c(OC)c1N. The van der Waals surface area contributed by atoms with E-state index < -0.39 is 0 Å². The van der Waals surface area contributed by atoms with Gasteiger partial charge in [-0.2, -0.15) is 0 Å². The van der Waals surface area contributed by atoms with Crippen LogP contribution in [0.4, 0.5) is 10.7 Å². The van der Waals surface area contributed by atoms with Crippen molar-refractivity contribution in [3.05, 3.63) is 4.88 Å². The van der Waals surface area contributed by atoms with Crippen LogP contribution in [0.25, 0.3) is 0 Å². The van der Waals surface area contributed by atoms with Gasteiger partial charge in [0.1, 0.15) is 5.00 Å². The molecule has 1 aromatic rings. The second-order valence-corrected chi connectivity index (χ2v) is 5.78. The predicted octanol–water partition coefficient (Wildman–Crippen LogP) is 3.14. The number of ether oxygens (including phenoxy) is 1. The molecule has 4 nitrogen and oxygen atoms in total. The van der Waals surface area contributed by atoms with Gasteiger partial charge >= 0.3 is 0 Å². The van der Waals surface area contributed by atoms with Crippen molar-refractivity contribution in [3.63, 3.8) is 0 Å². The Labute approximate surface area is 112 Å². The van der Waals surface area contributed by atoms with Gasteiger partial charge < -0.3 is 15.8 Å². The number of carbonyl (C=O) groups excluding carboxylic acids is 1. The minimum atomic E-state index is 0.0722. The number of hydrogen-bond donors (Lipinski definition) is 2. The van der Waals surface area contributed by atoms with Crippen LogP contribution in [0.2, 0.25) is 0 Å². The molecule has 2 rings (SSSR count). The average molecular weight is 268 g/mol. The van der Waals surface area contributed by atoms with Crippen molar-refractivity contribution < 1.29 is 9.53 Å². The third kappa shape index (κ3) is 2.46. The van der Waals surface area contributed by atoms with E-state index in [2.05, 4.69) is 12.2 Å². The number of nitrogen functional groups attached to an aromatic ring is 1. The summed E-state index contributed by atoms with van der Waals surface area (Å²) in [5, 5.41) is 4.31. The number of hydrogen-bond acceptors (Lipinski definition) is 5. The number of nitrogens with two attached hydrogens (primary N) is 1. The van der Waals surface area contributed by atoms with Crippen molar-refractivity contribution in [2.45, 2.75) is 39.2 Å². The fraction of sp³-hybridized carbons (Fsp3) is 0.615. The Kier molecular flexibility index (Phi) is 3.80. The molecule has 0 saturated heterocycles. The van der Waals surface area contributed by atoms with Crippen LogP contribution in [0.1, 0.15) is 42.8 Å².